The molecular formula is C16H27NO4. The molecule has 5 heteroatoms. The van der Waals surface area contributed by atoms with E-state index in [9.17, 15) is 0 Å². The highest BCUT2D eigenvalue weighted by atomic mass is 16.5. The summed E-state index contributed by atoms with van der Waals surface area (Å²) in [6.45, 7) is 5.69. The van der Waals surface area contributed by atoms with E-state index in [-0.39, 0.29) is 6.04 Å². The monoisotopic (exact) mass is 297 g/mol. The average molecular weight is 297 g/mol. The highest BCUT2D eigenvalue weighted by Gasteiger charge is 2.18. The van der Waals surface area contributed by atoms with Gasteiger partial charge in [-0.1, -0.05) is 19.9 Å². The molecule has 0 fully saturated rings. The van der Waals surface area contributed by atoms with Gasteiger partial charge in [0.15, 0.2) is 11.5 Å². The second kappa shape index (κ2) is 8.74. The van der Waals surface area contributed by atoms with Crippen molar-refractivity contribution in [1.29, 1.82) is 0 Å². The quantitative estimate of drug-likeness (QED) is 0.759. The number of methoxy groups -OCH3 is 4. The molecule has 21 heavy (non-hydrogen) atoms. The minimum absolute atomic E-state index is 0.285. The van der Waals surface area contributed by atoms with E-state index >= 15 is 0 Å². The van der Waals surface area contributed by atoms with Crippen LogP contribution >= 0.6 is 0 Å². The van der Waals surface area contributed by atoms with Crippen LogP contribution in [-0.4, -0.2) is 41.1 Å². The Kier molecular flexibility index (Phi) is 7.32. The van der Waals surface area contributed by atoms with E-state index in [0.29, 0.717) is 36.3 Å². The largest absolute Gasteiger partial charge is 0.493 e. The van der Waals surface area contributed by atoms with Crippen LogP contribution in [-0.2, 0) is 11.3 Å². The fourth-order valence-corrected chi connectivity index (χ4v) is 2.21. The Bertz CT molecular complexity index is 435. The van der Waals surface area contributed by atoms with Crippen LogP contribution in [0.15, 0.2) is 12.1 Å². The van der Waals surface area contributed by atoms with Crippen LogP contribution in [0.25, 0.3) is 0 Å². The van der Waals surface area contributed by atoms with E-state index < -0.39 is 0 Å². The zero-order chi connectivity index (χ0) is 15.8. The predicted molar refractivity (Wildman–Crippen MR) is 83.4 cm³/mol. The highest BCUT2D eigenvalue weighted by molar-refractivity contribution is 5.55. The van der Waals surface area contributed by atoms with Crippen molar-refractivity contribution in [2.75, 3.05) is 35.0 Å². The van der Waals surface area contributed by atoms with Crippen LogP contribution in [0, 0.1) is 5.92 Å². The molecule has 1 atom stereocenters. The maximum absolute atomic E-state index is 5.49. The molecule has 0 bridgehead atoms. The molecule has 0 radical (unpaired) electrons. The standard InChI is InChI=1S/C16H27NO4/c1-11(2)13(10-18-3)17-9-12-7-8-14(19-4)16(21-6)15(12)20-5/h7-8,11,13,17H,9-10H2,1-6H3. The van der Waals surface area contributed by atoms with Gasteiger partial charge >= 0.3 is 0 Å². The zero-order valence-corrected chi connectivity index (χ0v) is 13.9. The summed E-state index contributed by atoms with van der Waals surface area (Å²) in [7, 11) is 6.58. The first-order valence-electron chi connectivity index (χ1n) is 7.09. The smallest absolute Gasteiger partial charge is 0.203 e. The summed E-state index contributed by atoms with van der Waals surface area (Å²) >= 11 is 0. The molecule has 1 N–H and O–H groups in total. The van der Waals surface area contributed by atoms with E-state index in [1.54, 1.807) is 28.4 Å². The van der Waals surface area contributed by atoms with Gasteiger partial charge < -0.3 is 24.3 Å². The lowest BCUT2D eigenvalue weighted by Crippen LogP contribution is -2.37. The van der Waals surface area contributed by atoms with Crippen molar-refractivity contribution in [2.24, 2.45) is 5.92 Å². The summed E-state index contributed by atoms with van der Waals surface area (Å²) in [6, 6.07) is 4.16. The molecule has 1 aromatic rings. The molecule has 0 aromatic heterocycles. The summed E-state index contributed by atoms with van der Waals surface area (Å²) in [5, 5.41) is 3.50. The van der Waals surface area contributed by atoms with Gasteiger partial charge in [0.05, 0.1) is 27.9 Å². The number of nitrogens with one attached hydrogen (secondary N) is 1. The molecule has 1 rings (SSSR count). The molecule has 0 aliphatic heterocycles. The van der Waals surface area contributed by atoms with Crippen LogP contribution in [0.5, 0.6) is 17.2 Å². The van der Waals surface area contributed by atoms with Crippen molar-refractivity contribution < 1.29 is 18.9 Å². The van der Waals surface area contributed by atoms with Crippen LogP contribution in [0.2, 0.25) is 0 Å². The maximum Gasteiger partial charge on any atom is 0.203 e. The topological polar surface area (TPSA) is 49.0 Å². The van der Waals surface area contributed by atoms with E-state index in [0.717, 1.165) is 5.56 Å². The van der Waals surface area contributed by atoms with E-state index in [4.69, 9.17) is 18.9 Å². The van der Waals surface area contributed by atoms with Gasteiger partial charge in [-0.15, -0.1) is 0 Å². The molecule has 1 unspecified atom stereocenters. The predicted octanol–water partition coefficient (Wildman–Crippen LogP) is 2.47. The molecule has 0 saturated heterocycles. The van der Waals surface area contributed by atoms with Gasteiger partial charge in [-0.25, -0.2) is 0 Å². The minimum atomic E-state index is 0.285. The van der Waals surface area contributed by atoms with E-state index in [1.165, 1.54) is 0 Å². The fraction of sp³-hybridized carbons (Fsp3) is 0.625. The molecule has 1 aromatic carbocycles. The summed E-state index contributed by atoms with van der Waals surface area (Å²) in [4.78, 5) is 0. The van der Waals surface area contributed by atoms with Crippen LogP contribution in [0.4, 0.5) is 0 Å². The van der Waals surface area contributed by atoms with Gasteiger partial charge in [0.1, 0.15) is 0 Å². The third kappa shape index (κ3) is 4.51. The summed E-state index contributed by atoms with van der Waals surface area (Å²) in [6.07, 6.45) is 0. The van der Waals surface area contributed by atoms with Crippen molar-refractivity contribution >= 4 is 0 Å². The maximum atomic E-state index is 5.49. The lowest BCUT2D eigenvalue weighted by atomic mass is 10.0. The second-order valence-electron chi connectivity index (χ2n) is 5.18. The summed E-state index contributed by atoms with van der Waals surface area (Å²) in [5.74, 6) is 2.46. The van der Waals surface area contributed by atoms with Gasteiger partial charge in [-0.05, 0) is 12.0 Å². The van der Waals surface area contributed by atoms with Crippen molar-refractivity contribution in [1.82, 2.24) is 5.32 Å². The van der Waals surface area contributed by atoms with Crippen molar-refractivity contribution in [2.45, 2.75) is 26.4 Å². The Balaban J connectivity index is 2.92. The molecule has 0 aliphatic carbocycles. The van der Waals surface area contributed by atoms with Crippen molar-refractivity contribution in [3.8, 4) is 17.2 Å². The third-order valence-corrected chi connectivity index (χ3v) is 3.49. The van der Waals surface area contributed by atoms with Gasteiger partial charge in [0.25, 0.3) is 0 Å². The lowest BCUT2D eigenvalue weighted by molar-refractivity contribution is 0.146. The number of hydrogen-bond acceptors (Lipinski definition) is 5. The molecule has 0 heterocycles. The number of benzene rings is 1. The van der Waals surface area contributed by atoms with Crippen LogP contribution < -0.4 is 19.5 Å². The molecular weight excluding hydrogens is 270 g/mol. The number of rotatable bonds is 9. The van der Waals surface area contributed by atoms with E-state index in [1.807, 2.05) is 12.1 Å². The van der Waals surface area contributed by atoms with Gasteiger partial charge in [-0.3, -0.25) is 0 Å². The first kappa shape index (κ1) is 17.6. The third-order valence-electron chi connectivity index (χ3n) is 3.49. The van der Waals surface area contributed by atoms with Crippen molar-refractivity contribution in [3.05, 3.63) is 17.7 Å². The number of ether oxygens (including phenoxy) is 4. The lowest BCUT2D eigenvalue weighted by Gasteiger charge is -2.23. The Labute approximate surface area is 127 Å². The molecule has 0 saturated carbocycles. The normalized spacial score (nSPS) is 12.3. The first-order chi connectivity index (χ1) is 10.1. The molecule has 120 valence electrons. The number of hydrogen-bond donors (Lipinski definition) is 1. The van der Waals surface area contributed by atoms with Crippen LogP contribution in [0.1, 0.15) is 19.4 Å². The second-order valence-corrected chi connectivity index (χ2v) is 5.18. The van der Waals surface area contributed by atoms with Gasteiger partial charge in [0, 0.05) is 25.3 Å². The Morgan fingerprint density at radius 1 is 0.952 bits per heavy atom. The highest BCUT2D eigenvalue weighted by Crippen LogP contribution is 2.39. The molecule has 5 nitrogen and oxygen atoms in total. The van der Waals surface area contributed by atoms with Crippen molar-refractivity contribution in [3.63, 3.8) is 0 Å². The molecule has 0 spiro atoms. The van der Waals surface area contributed by atoms with Gasteiger partial charge in [-0.2, -0.15) is 0 Å². The first-order valence-corrected chi connectivity index (χ1v) is 7.09. The van der Waals surface area contributed by atoms with Crippen LogP contribution in [0.3, 0.4) is 0 Å². The summed E-state index contributed by atoms with van der Waals surface area (Å²) in [5.41, 5.74) is 1.02. The Morgan fingerprint density at radius 3 is 2.10 bits per heavy atom. The molecule has 0 amide bonds. The zero-order valence-electron chi connectivity index (χ0n) is 13.9. The molecule has 0 aliphatic rings. The Hall–Kier alpha value is -1.46. The van der Waals surface area contributed by atoms with Gasteiger partial charge in [0.2, 0.25) is 5.75 Å². The fourth-order valence-electron chi connectivity index (χ4n) is 2.21. The van der Waals surface area contributed by atoms with E-state index in [2.05, 4.69) is 19.2 Å². The average Bonchev–Trinajstić information content (AvgIpc) is 2.49. The Morgan fingerprint density at radius 2 is 1.62 bits per heavy atom. The minimum Gasteiger partial charge on any atom is -0.493 e. The SMILES string of the molecule is COCC(NCc1ccc(OC)c(OC)c1OC)C(C)C. The summed E-state index contributed by atoms with van der Waals surface area (Å²) < 4.78 is 21.4.